The Morgan fingerprint density at radius 2 is 1.75 bits per heavy atom. The van der Waals surface area contributed by atoms with Crippen LogP contribution < -0.4 is 9.47 Å². The van der Waals surface area contributed by atoms with Crippen molar-refractivity contribution in [3.8, 4) is 34.0 Å². The van der Waals surface area contributed by atoms with Gasteiger partial charge in [-0.2, -0.15) is 0 Å². The molecular formula is C18H12N4O2. The molecule has 6 heteroatoms. The fourth-order valence-corrected chi connectivity index (χ4v) is 2.83. The Morgan fingerprint density at radius 1 is 0.875 bits per heavy atom. The Morgan fingerprint density at radius 3 is 2.67 bits per heavy atom. The van der Waals surface area contributed by atoms with Gasteiger partial charge in [0.05, 0.1) is 23.8 Å². The van der Waals surface area contributed by atoms with Gasteiger partial charge >= 0.3 is 0 Å². The highest BCUT2D eigenvalue weighted by atomic mass is 16.7. The molecule has 0 fully saturated rings. The highest BCUT2D eigenvalue weighted by Gasteiger charge is 2.16. The van der Waals surface area contributed by atoms with E-state index >= 15 is 0 Å². The maximum absolute atomic E-state index is 5.47. The molecule has 0 unspecified atom stereocenters. The first kappa shape index (κ1) is 13.1. The summed E-state index contributed by atoms with van der Waals surface area (Å²) < 4.78 is 12.9. The molecule has 0 saturated carbocycles. The van der Waals surface area contributed by atoms with E-state index in [-0.39, 0.29) is 6.79 Å². The standard InChI is InChI=1S/C18H12N4O2/c1-2-16-17(24-11-23-16)7-13(1)15-8-21-18-9-20-14(10-22(15)18)12-3-5-19-6-4-12/h1-10H,11H2. The van der Waals surface area contributed by atoms with E-state index in [0.29, 0.717) is 0 Å². The van der Waals surface area contributed by atoms with Crippen LogP contribution in [0.15, 0.2) is 61.3 Å². The summed E-state index contributed by atoms with van der Waals surface area (Å²) in [6.45, 7) is 0.266. The predicted molar refractivity (Wildman–Crippen MR) is 87.8 cm³/mol. The quantitative estimate of drug-likeness (QED) is 0.568. The van der Waals surface area contributed by atoms with Crippen LogP contribution in [0, 0.1) is 0 Å². The number of ether oxygens (including phenoxy) is 2. The van der Waals surface area contributed by atoms with E-state index in [0.717, 1.165) is 39.7 Å². The van der Waals surface area contributed by atoms with Crippen molar-refractivity contribution in [3.05, 3.63) is 61.3 Å². The summed E-state index contributed by atoms with van der Waals surface area (Å²) in [7, 11) is 0. The minimum absolute atomic E-state index is 0.266. The highest BCUT2D eigenvalue weighted by molar-refractivity contribution is 5.68. The molecule has 0 bridgehead atoms. The molecule has 0 radical (unpaired) electrons. The lowest BCUT2D eigenvalue weighted by molar-refractivity contribution is 0.174. The summed E-state index contributed by atoms with van der Waals surface area (Å²) in [6.07, 6.45) is 9.11. The molecule has 1 aromatic carbocycles. The molecule has 0 amide bonds. The Balaban J connectivity index is 1.66. The summed E-state index contributed by atoms with van der Waals surface area (Å²) in [5.74, 6) is 1.53. The molecule has 0 aliphatic carbocycles. The summed E-state index contributed by atoms with van der Waals surface area (Å²) >= 11 is 0. The van der Waals surface area contributed by atoms with Crippen LogP contribution in [0.5, 0.6) is 11.5 Å². The molecule has 0 N–H and O–H groups in total. The van der Waals surface area contributed by atoms with Crippen LogP contribution in [-0.2, 0) is 0 Å². The fourth-order valence-electron chi connectivity index (χ4n) is 2.83. The van der Waals surface area contributed by atoms with Crippen LogP contribution in [-0.4, -0.2) is 26.1 Å². The molecule has 3 aromatic heterocycles. The van der Waals surface area contributed by atoms with Crippen LogP contribution in [0.1, 0.15) is 0 Å². The van der Waals surface area contributed by atoms with Gasteiger partial charge in [-0.05, 0) is 30.3 Å². The fraction of sp³-hybridized carbons (Fsp3) is 0.0556. The molecule has 4 heterocycles. The number of pyridine rings is 1. The third-order valence-corrected chi connectivity index (χ3v) is 4.04. The van der Waals surface area contributed by atoms with Crippen molar-refractivity contribution in [2.75, 3.05) is 6.79 Å². The van der Waals surface area contributed by atoms with Crippen LogP contribution in [0.4, 0.5) is 0 Å². The van der Waals surface area contributed by atoms with Gasteiger partial charge in [0.2, 0.25) is 6.79 Å². The maximum Gasteiger partial charge on any atom is 0.231 e. The van der Waals surface area contributed by atoms with E-state index in [4.69, 9.17) is 9.47 Å². The summed E-state index contributed by atoms with van der Waals surface area (Å²) in [4.78, 5) is 13.0. The summed E-state index contributed by atoms with van der Waals surface area (Å²) in [5.41, 5.74) is 4.65. The average Bonchev–Trinajstić information content (AvgIpc) is 3.27. The minimum Gasteiger partial charge on any atom is -0.454 e. The van der Waals surface area contributed by atoms with Crippen molar-refractivity contribution < 1.29 is 9.47 Å². The van der Waals surface area contributed by atoms with E-state index < -0.39 is 0 Å². The Bertz CT molecular complexity index is 1040. The van der Waals surface area contributed by atoms with E-state index in [1.807, 2.05) is 47.1 Å². The van der Waals surface area contributed by atoms with Gasteiger partial charge in [-0.1, -0.05) is 0 Å². The van der Waals surface area contributed by atoms with Crippen molar-refractivity contribution in [2.45, 2.75) is 0 Å². The lowest BCUT2D eigenvalue weighted by Crippen LogP contribution is -1.93. The maximum atomic E-state index is 5.47. The highest BCUT2D eigenvalue weighted by Crippen LogP contribution is 2.36. The molecule has 1 aliphatic rings. The van der Waals surface area contributed by atoms with Gasteiger partial charge in [0.25, 0.3) is 0 Å². The lowest BCUT2D eigenvalue weighted by Gasteiger charge is -2.06. The van der Waals surface area contributed by atoms with Gasteiger partial charge in [0.15, 0.2) is 17.1 Å². The molecule has 0 atom stereocenters. The van der Waals surface area contributed by atoms with E-state index in [1.54, 1.807) is 18.6 Å². The summed E-state index contributed by atoms with van der Waals surface area (Å²) in [6, 6.07) is 9.76. The van der Waals surface area contributed by atoms with Crippen molar-refractivity contribution in [1.29, 1.82) is 0 Å². The molecule has 1 aliphatic heterocycles. The number of fused-ring (bicyclic) bond motifs is 2. The molecule has 116 valence electrons. The third-order valence-electron chi connectivity index (χ3n) is 4.04. The van der Waals surface area contributed by atoms with Crippen molar-refractivity contribution in [2.24, 2.45) is 0 Å². The van der Waals surface area contributed by atoms with Crippen LogP contribution in [0.3, 0.4) is 0 Å². The number of hydrogen-bond donors (Lipinski definition) is 0. The zero-order valence-corrected chi connectivity index (χ0v) is 12.6. The largest absolute Gasteiger partial charge is 0.454 e. The van der Waals surface area contributed by atoms with Crippen molar-refractivity contribution in [3.63, 3.8) is 0 Å². The number of imidazole rings is 1. The van der Waals surface area contributed by atoms with Crippen LogP contribution >= 0.6 is 0 Å². The minimum atomic E-state index is 0.266. The van der Waals surface area contributed by atoms with E-state index in [2.05, 4.69) is 15.0 Å². The Hall–Kier alpha value is -3.41. The first-order chi connectivity index (χ1) is 11.9. The molecule has 5 rings (SSSR count). The monoisotopic (exact) mass is 316 g/mol. The van der Waals surface area contributed by atoms with Crippen molar-refractivity contribution in [1.82, 2.24) is 19.4 Å². The van der Waals surface area contributed by atoms with Gasteiger partial charge < -0.3 is 9.47 Å². The normalized spacial score (nSPS) is 12.7. The number of nitrogens with zero attached hydrogens (tertiary/aromatic N) is 4. The zero-order valence-electron chi connectivity index (χ0n) is 12.6. The zero-order chi connectivity index (χ0) is 15.9. The second kappa shape index (κ2) is 5.06. The summed E-state index contributed by atoms with van der Waals surface area (Å²) in [5, 5.41) is 0. The molecule has 0 spiro atoms. The predicted octanol–water partition coefficient (Wildman–Crippen LogP) is 3.19. The smallest absolute Gasteiger partial charge is 0.231 e. The molecule has 6 nitrogen and oxygen atoms in total. The molecule has 0 saturated heterocycles. The number of rotatable bonds is 2. The average molecular weight is 316 g/mol. The first-order valence-electron chi connectivity index (χ1n) is 7.52. The van der Waals surface area contributed by atoms with E-state index in [9.17, 15) is 0 Å². The number of hydrogen-bond acceptors (Lipinski definition) is 5. The second-order valence-electron chi connectivity index (χ2n) is 5.45. The SMILES string of the molecule is c1cc(-c2cn3c(-c4ccc5c(c4)OCO5)cnc3cn2)ccn1. The number of aromatic nitrogens is 4. The molecular weight excluding hydrogens is 304 g/mol. The van der Waals surface area contributed by atoms with Gasteiger partial charge in [0.1, 0.15) is 0 Å². The van der Waals surface area contributed by atoms with Gasteiger partial charge in [-0.3, -0.25) is 14.4 Å². The van der Waals surface area contributed by atoms with E-state index in [1.165, 1.54) is 0 Å². The second-order valence-corrected chi connectivity index (χ2v) is 5.45. The number of benzene rings is 1. The van der Waals surface area contributed by atoms with Gasteiger partial charge in [-0.25, -0.2) is 4.98 Å². The molecule has 24 heavy (non-hydrogen) atoms. The lowest BCUT2D eigenvalue weighted by atomic mass is 10.1. The van der Waals surface area contributed by atoms with Gasteiger partial charge in [0, 0.05) is 29.7 Å². The first-order valence-corrected chi connectivity index (χ1v) is 7.52. The van der Waals surface area contributed by atoms with Crippen LogP contribution in [0.2, 0.25) is 0 Å². The molecule has 4 aromatic rings. The van der Waals surface area contributed by atoms with Crippen LogP contribution in [0.25, 0.3) is 28.2 Å². The van der Waals surface area contributed by atoms with Crippen molar-refractivity contribution >= 4 is 5.65 Å². The topological polar surface area (TPSA) is 61.5 Å². The van der Waals surface area contributed by atoms with Gasteiger partial charge in [-0.15, -0.1) is 0 Å². The third kappa shape index (κ3) is 2.00. The Labute approximate surface area is 137 Å². The Kier molecular flexibility index (Phi) is 2.75.